The zero-order chi connectivity index (χ0) is 18.8. The number of aromatic amines is 1. The van der Waals surface area contributed by atoms with Crippen LogP contribution in [0.15, 0.2) is 41.5 Å². The second-order valence-electron chi connectivity index (χ2n) is 6.85. The SMILES string of the molecule is CCc1cc2ncc(CN3CCN(c4ccc(Cl)cn4)CC3)cc2[nH]c1=O. The third kappa shape index (κ3) is 3.96. The molecule has 0 bridgehead atoms. The van der Waals surface area contributed by atoms with E-state index in [0.29, 0.717) is 11.4 Å². The molecule has 1 saturated heterocycles. The summed E-state index contributed by atoms with van der Waals surface area (Å²) in [6, 6.07) is 7.76. The Bertz CT molecular complexity index is 993. The first-order chi connectivity index (χ1) is 13.1. The Labute approximate surface area is 162 Å². The Balaban J connectivity index is 1.42. The molecule has 4 heterocycles. The molecule has 6 nitrogen and oxygen atoms in total. The van der Waals surface area contributed by atoms with Crippen molar-refractivity contribution in [2.24, 2.45) is 0 Å². The van der Waals surface area contributed by atoms with Crippen molar-refractivity contribution in [2.45, 2.75) is 19.9 Å². The summed E-state index contributed by atoms with van der Waals surface area (Å²) in [5.74, 6) is 0.968. The van der Waals surface area contributed by atoms with E-state index in [0.717, 1.165) is 60.7 Å². The largest absolute Gasteiger partial charge is 0.354 e. The minimum absolute atomic E-state index is 0.0203. The van der Waals surface area contributed by atoms with E-state index >= 15 is 0 Å². The van der Waals surface area contributed by atoms with E-state index in [1.807, 2.05) is 37.4 Å². The lowest BCUT2D eigenvalue weighted by molar-refractivity contribution is 0.249. The van der Waals surface area contributed by atoms with E-state index in [2.05, 4.69) is 24.8 Å². The van der Waals surface area contributed by atoms with Gasteiger partial charge in [0.1, 0.15) is 5.82 Å². The number of hydrogen-bond donors (Lipinski definition) is 1. The van der Waals surface area contributed by atoms with Crippen LogP contribution in [0, 0.1) is 0 Å². The molecule has 0 saturated carbocycles. The maximum Gasteiger partial charge on any atom is 0.251 e. The molecule has 1 aliphatic heterocycles. The molecule has 3 aromatic heterocycles. The quantitative estimate of drug-likeness (QED) is 0.750. The number of nitrogens with one attached hydrogen (secondary N) is 1. The highest BCUT2D eigenvalue weighted by atomic mass is 35.5. The fourth-order valence-corrected chi connectivity index (χ4v) is 3.58. The third-order valence-corrected chi connectivity index (χ3v) is 5.24. The van der Waals surface area contributed by atoms with Gasteiger partial charge in [0.25, 0.3) is 5.56 Å². The van der Waals surface area contributed by atoms with E-state index in [-0.39, 0.29) is 5.56 Å². The summed E-state index contributed by atoms with van der Waals surface area (Å²) in [5.41, 5.74) is 3.51. The van der Waals surface area contributed by atoms with Crippen LogP contribution in [0.4, 0.5) is 5.82 Å². The zero-order valence-corrected chi connectivity index (χ0v) is 16.0. The molecule has 0 atom stereocenters. The van der Waals surface area contributed by atoms with Gasteiger partial charge in [0.2, 0.25) is 0 Å². The molecule has 0 amide bonds. The van der Waals surface area contributed by atoms with Crippen molar-refractivity contribution in [1.29, 1.82) is 0 Å². The average molecular weight is 384 g/mol. The number of hydrogen-bond acceptors (Lipinski definition) is 5. The fraction of sp³-hybridized carbons (Fsp3) is 0.350. The van der Waals surface area contributed by atoms with Crippen molar-refractivity contribution in [3.63, 3.8) is 0 Å². The Hall–Kier alpha value is -2.44. The average Bonchev–Trinajstić information content (AvgIpc) is 2.69. The van der Waals surface area contributed by atoms with Crippen LogP contribution in [-0.4, -0.2) is 46.0 Å². The molecule has 0 aliphatic carbocycles. The molecule has 1 aliphatic rings. The summed E-state index contributed by atoms with van der Waals surface area (Å²) in [7, 11) is 0. The second kappa shape index (κ2) is 7.66. The predicted molar refractivity (Wildman–Crippen MR) is 108 cm³/mol. The first-order valence-electron chi connectivity index (χ1n) is 9.22. The van der Waals surface area contributed by atoms with Gasteiger partial charge >= 0.3 is 0 Å². The van der Waals surface area contributed by atoms with E-state index in [9.17, 15) is 4.79 Å². The number of piperazine rings is 1. The first-order valence-corrected chi connectivity index (χ1v) is 9.60. The molecule has 0 spiro atoms. The van der Waals surface area contributed by atoms with E-state index in [1.54, 1.807) is 6.20 Å². The van der Waals surface area contributed by atoms with Gasteiger partial charge in [-0.05, 0) is 36.2 Å². The number of anilines is 1. The normalized spacial score (nSPS) is 15.4. The Morgan fingerprint density at radius 2 is 1.93 bits per heavy atom. The predicted octanol–water partition coefficient (Wildman–Crippen LogP) is 2.86. The van der Waals surface area contributed by atoms with Crippen molar-refractivity contribution in [3.8, 4) is 0 Å². The summed E-state index contributed by atoms with van der Waals surface area (Å²) in [5, 5.41) is 0.658. The Morgan fingerprint density at radius 1 is 1.11 bits per heavy atom. The van der Waals surface area contributed by atoms with Crippen LogP contribution >= 0.6 is 11.6 Å². The number of rotatable bonds is 4. The van der Waals surface area contributed by atoms with Gasteiger partial charge in [0.05, 0.1) is 16.1 Å². The standard InChI is InChI=1S/C20H22ClN5O/c1-2-15-10-17-18(24-20(15)27)9-14(11-22-17)13-25-5-7-26(8-6-25)19-4-3-16(21)12-23-19/h3-4,9-12H,2,5-8,13H2,1H3,(H,24,27). The Morgan fingerprint density at radius 3 is 2.63 bits per heavy atom. The lowest BCUT2D eigenvalue weighted by Crippen LogP contribution is -2.46. The lowest BCUT2D eigenvalue weighted by Gasteiger charge is -2.35. The van der Waals surface area contributed by atoms with Gasteiger partial charge in [-0.25, -0.2) is 4.98 Å². The second-order valence-corrected chi connectivity index (χ2v) is 7.29. The summed E-state index contributed by atoms with van der Waals surface area (Å²) in [6.45, 7) is 6.55. The summed E-state index contributed by atoms with van der Waals surface area (Å²) < 4.78 is 0. The number of H-pyrrole nitrogens is 1. The summed E-state index contributed by atoms with van der Waals surface area (Å²) in [4.78, 5) is 28.6. The van der Waals surface area contributed by atoms with Gasteiger partial charge in [-0.3, -0.25) is 14.7 Å². The molecular formula is C20H22ClN5O. The fourth-order valence-electron chi connectivity index (χ4n) is 3.46. The lowest BCUT2D eigenvalue weighted by atomic mass is 10.1. The number of aryl methyl sites for hydroxylation is 1. The Kier molecular flexibility index (Phi) is 5.09. The van der Waals surface area contributed by atoms with Crippen LogP contribution in [0.5, 0.6) is 0 Å². The molecule has 3 aromatic rings. The van der Waals surface area contributed by atoms with Gasteiger partial charge in [-0.15, -0.1) is 0 Å². The molecule has 4 rings (SSSR count). The molecule has 1 N–H and O–H groups in total. The highest BCUT2D eigenvalue weighted by Gasteiger charge is 2.18. The summed E-state index contributed by atoms with van der Waals surface area (Å²) in [6.07, 6.45) is 4.31. The van der Waals surface area contributed by atoms with E-state index < -0.39 is 0 Å². The molecule has 27 heavy (non-hydrogen) atoms. The molecular weight excluding hydrogens is 362 g/mol. The highest BCUT2D eigenvalue weighted by Crippen LogP contribution is 2.18. The number of nitrogens with zero attached hydrogens (tertiary/aromatic N) is 4. The van der Waals surface area contributed by atoms with Crippen LogP contribution in [0.25, 0.3) is 11.0 Å². The van der Waals surface area contributed by atoms with Gasteiger partial charge in [0.15, 0.2) is 0 Å². The van der Waals surface area contributed by atoms with Gasteiger partial charge in [-0.1, -0.05) is 18.5 Å². The summed E-state index contributed by atoms with van der Waals surface area (Å²) >= 11 is 5.91. The van der Waals surface area contributed by atoms with Crippen LogP contribution in [0.2, 0.25) is 5.02 Å². The molecule has 0 aromatic carbocycles. The minimum atomic E-state index is -0.0203. The van der Waals surface area contributed by atoms with Crippen molar-refractivity contribution >= 4 is 28.5 Å². The molecule has 1 fully saturated rings. The molecule has 0 unspecified atom stereocenters. The van der Waals surface area contributed by atoms with E-state index in [4.69, 9.17) is 11.6 Å². The van der Waals surface area contributed by atoms with Crippen molar-refractivity contribution in [3.05, 3.63) is 63.2 Å². The van der Waals surface area contributed by atoms with Gasteiger partial charge in [-0.2, -0.15) is 0 Å². The topological polar surface area (TPSA) is 65.1 Å². The first kappa shape index (κ1) is 17.9. The highest BCUT2D eigenvalue weighted by molar-refractivity contribution is 6.30. The van der Waals surface area contributed by atoms with Gasteiger partial charge in [0, 0.05) is 50.7 Å². The van der Waals surface area contributed by atoms with E-state index in [1.165, 1.54) is 0 Å². The van der Waals surface area contributed by atoms with Crippen molar-refractivity contribution in [1.82, 2.24) is 19.9 Å². The van der Waals surface area contributed by atoms with Crippen LogP contribution < -0.4 is 10.5 Å². The number of aromatic nitrogens is 3. The smallest absolute Gasteiger partial charge is 0.251 e. The van der Waals surface area contributed by atoms with Crippen molar-refractivity contribution < 1.29 is 0 Å². The number of halogens is 1. The number of pyridine rings is 3. The van der Waals surface area contributed by atoms with Crippen molar-refractivity contribution in [2.75, 3.05) is 31.1 Å². The van der Waals surface area contributed by atoms with Crippen LogP contribution in [0.1, 0.15) is 18.1 Å². The van der Waals surface area contributed by atoms with Crippen LogP contribution in [0.3, 0.4) is 0 Å². The maximum absolute atomic E-state index is 12.0. The molecule has 0 radical (unpaired) electrons. The monoisotopic (exact) mass is 383 g/mol. The maximum atomic E-state index is 12.0. The van der Waals surface area contributed by atoms with Crippen LogP contribution in [-0.2, 0) is 13.0 Å². The third-order valence-electron chi connectivity index (χ3n) is 5.02. The zero-order valence-electron chi connectivity index (χ0n) is 15.3. The molecule has 140 valence electrons. The number of fused-ring (bicyclic) bond motifs is 1. The molecule has 7 heteroatoms. The minimum Gasteiger partial charge on any atom is -0.354 e. The van der Waals surface area contributed by atoms with Gasteiger partial charge < -0.3 is 9.88 Å².